The molecule has 1 fully saturated rings. The van der Waals surface area contributed by atoms with E-state index in [4.69, 9.17) is 4.52 Å². The van der Waals surface area contributed by atoms with Crippen molar-refractivity contribution in [3.05, 3.63) is 11.7 Å². The third kappa shape index (κ3) is 3.53. The van der Waals surface area contributed by atoms with Crippen molar-refractivity contribution in [2.24, 2.45) is 0 Å². The molecule has 1 unspecified atom stereocenters. The molecule has 1 aliphatic rings. The van der Waals surface area contributed by atoms with Crippen molar-refractivity contribution < 1.29 is 4.52 Å². The van der Waals surface area contributed by atoms with Crippen molar-refractivity contribution in [2.75, 3.05) is 26.2 Å². The molecule has 102 valence electrons. The maximum Gasteiger partial charge on any atom is 0.226 e. The number of nitrogens with one attached hydrogen (secondary N) is 1. The molecule has 2 heterocycles. The third-order valence-corrected chi connectivity index (χ3v) is 3.55. The minimum atomic E-state index is 0.260. The summed E-state index contributed by atoms with van der Waals surface area (Å²) in [5.74, 6) is 1.63. The van der Waals surface area contributed by atoms with Gasteiger partial charge in [0, 0.05) is 32.6 Å². The Balaban J connectivity index is 1.87. The average molecular weight is 252 g/mol. The lowest BCUT2D eigenvalue weighted by Gasteiger charge is -2.30. The molecule has 1 aliphatic heterocycles. The van der Waals surface area contributed by atoms with Crippen molar-refractivity contribution in [2.45, 2.75) is 45.6 Å². The van der Waals surface area contributed by atoms with Crippen LogP contribution in [0.2, 0.25) is 0 Å². The van der Waals surface area contributed by atoms with E-state index < -0.39 is 0 Å². The zero-order valence-corrected chi connectivity index (χ0v) is 11.5. The van der Waals surface area contributed by atoms with Gasteiger partial charge in [0.15, 0.2) is 5.82 Å². The fourth-order valence-corrected chi connectivity index (χ4v) is 2.30. The number of aryl methyl sites for hydroxylation is 1. The van der Waals surface area contributed by atoms with E-state index in [1.165, 1.54) is 12.8 Å². The van der Waals surface area contributed by atoms with E-state index in [0.29, 0.717) is 0 Å². The molecular formula is C13H24N4O. The van der Waals surface area contributed by atoms with E-state index in [1.807, 2.05) is 0 Å². The van der Waals surface area contributed by atoms with Crippen molar-refractivity contribution in [3.63, 3.8) is 0 Å². The first-order valence-corrected chi connectivity index (χ1v) is 7.08. The van der Waals surface area contributed by atoms with Gasteiger partial charge in [-0.2, -0.15) is 4.98 Å². The van der Waals surface area contributed by atoms with Crippen molar-refractivity contribution >= 4 is 0 Å². The third-order valence-electron chi connectivity index (χ3n) is 3.55. The van der Waals surface area contributed by atoms with E-state index in [-0.39, 0.29) is 6.04 Å². The molecule has 1 saturated heterocycles. The molecule has 0 spiro atoms. The summed E-state index contributed by atoms with van der Waals surface area (Å²) in [7, 11) is 0. The zero-order chi connectivity index (χ0) is 12.8. The maximum atomic E-state index is 5.32. The van der Waals surface area contributed by atoms with E-state index in [0.717, 1.165) is 50.7 Å². The molecule has 1 aromatic rings. The highest BCUT2D eigenvalue weighted by molar-refractivity contribution is 4.94. The second-order valence-electron chi connectivity index (χ2n) is 4.97. The smallest absolute Gasteiger partial charge is 0.226 e. The topological polar surface area (TPSA) is 54.2 Å². The van der Waals surface area contributed by atoms with Gasteiger partial charge in [-0.25, -0.2) is 0 Å². The molecule has 0 aliphatic carbocycles. The van der Waals surface area contributed by atoms with Crippen molar-refractivity contribution in [1.29, 1.82) is 0 Å². The fraction of sp³-hybridized carbons (Fsp3) is 0.846. The molecule has 0 amide bonds. The van der Waals surface area contributed by atoms with E-state index in [1.54, 1.807) is 0 Å². The normalized spacial score (nSPS) is 19.0. The number of hydrogen-bond acceptors (Lipinski definition) is 5. The molecule has 1 N–H and O–H groups in total. The van der Waals surface area contributed by atoms with E-state index in [2.05, 4.69) is 34.2 Å². The Labute approximate surface area is 109 Å². The van der Waals surface area contributed by atoms with Gasteiger partial charge in [0.2, 0.25) is 5.89 Å². The molecule has 5 heteroatoms. The first-order valence-electron chi connectivity index (χ1n) is 7.08. The number of hydrogen-bond donors (Lipinski definition) is 1. The number of piperazine rings is 1. The molecule has 0 aromatic carbocycles. The molecule has 0 saturated carbocycles. The Hall–Kier alpha value is -0.940. The largest absolute Gasteiger partial charge is 0.339 e. The van der Waals surface area contributed by atoms with Gasteiger partial charge < -0.3 is 9.84 Å². The summed E-state index contributed by atoms with van der Waals surface area (Å²) in [6.07, 6.45) is 4.50. The molecular weight excluding hydrogens is 228 g/mol. The molecule has 1 aromatic heterocycles. The lowest BCUT2D eigenvalue weighted by Crippen LogP contribution is -2.44. The van der Waals surface area contributed by atoms with E-state index >= 15 is 0 Å². The van der Waals surface area contributed by atoms with Crippen LogP contribution in [-0.2, 0) is 6.42 Å². The van der Waals surface area contributed by atoms with Gasteiger partial charge in [-0.15, -0.1) is 0 Å². The van der Waals surface area contributed by atoms with Gasteiger partial charge in [0.1, 0.15) is 0 Å². The van der Waals surface area contributed by atoms with Crippen LogP contribution in [0.4, 0.5) is 0 Å². The van der Waals surface area contributed by atoms with Crippen LogP contribution in [0.15, 0.2) is 4.52 Å². The molecule has 2 rings (SSSR count). The average Bonchev–Trinajstić information content (AvgIpc) is 2.88. The molecule has 0 radical (unpaired) electrons. The van der Waals surface area contributed by atoms with Gasteiger partial charge in [-0.05, 0) is 13.3 Å². The summed E-state index contributed by atoms with van der Waals surface area (Å²) in [4.78, 5) is 6.92. The quantitative estimate of drug-likeness (QED) is 0.782. The zero-order valence-electron chi connectivity index (χ0n) is 11.5. The van der Waals surface area contributed by atoms with Gasteiger partial charge in [0.05, 0.1) is 6.04 Å². The fourth-order valence-electron chi connectivity index (χ4n) is 2.30. The summed E-state index contributed by atoms with van der Waals surface area (Å²) in [6, 6.07) is 0.260. The van der Waals surface area contributed by atoms with Crippen LogP contribution in [-0.4, -0.2) is 41.2 Å². The molecule has 0 bridgehead atoms. The highest BCUT2D eigenvalue weighted by Crippen LogP contribution is 2.18. The van der Waals surface area contributed by atoms with Crippen molar-refractivity contribution in [1.82, 2.24) is 20.4 Å². The van der Waals surface area contributed by atoms with Crippen LogP contribution in [0.25, 0.3) is 0 Å². The van der Waals surface area contributed by atoms with Crippen LogP contribution in [0.5, 0.6) is 0 Å². The summed E-state index contributed by atoms with van der Waals surface area (Å²) in [5.41, 5.74) is 0. The van der Waals surface area contributed by atoms with Gasteiger partial charge in [0.25, 0.3) is 0 Å². The second-order valence-corrected chi connectivity index (χ2v) is 4.97. The Morgan fingerprint density at radius 3 is 2.83 bits per heavy atom. The lowest BCUT2D eigenvalue weighted by atomic mass is 10.2. The van der Waals surface area contributed by atoms with Crippen molar-refractivity contribution in [3.8, 4) is 0 Å². The summed E-state index contributed by atoms with van der Waals surface area (Å²) in [6.45, 7) is 8.57. The summed E-state index contributed by atoms with van der Waals surface area (Å²) < 4.78 is 5.32. The van der Waals surface area contributed by atoms with Crippen LogP contribution in [0.3, 0.4) is 0 Å². The number of rotatable bonds is 6. The first-order chi connectivity index (χ1) is 8.81. The maximum absolute atomic E-state index is 5.32. The standard InChI is InChI=1S/C13H24N4O/c1-3-4-5-6-12-15-13(16-18-12)11(2)17-9-7-14-8-10-17/h11,14H,3-10H2,1-2H3. The Bertz CT molecular complexity index is 347. The van der Waals surface area contributed by atoms with Crippen LogP contribution >= 0.6 is 0 Å². The Kier molecular flexibility index (Phi) is 5.13. The first kappa shape index (κ1) is 13.5. The molecule has 5 nitrogen and oxygen atoms in total. The Morgan fingerprint density at radius 2 is 2.11 bits per heavy atom. The summed E-state index contributed by atoms with van der Waals surface area (Å²) in [5, 5.41) is 7.48. The molecule has 18 heavy (non-hydrogen) atoms. The number of unbranched alkanes of at least 4 members (excludes halogenated alkanes) is 2. The minimum Gasteiger partial charge on any atom is -0.339 e. The predicted octanol–water partition coefficient (Wildman–Crippen LogP) is 1.77. The SMILES string of the molecule is CCCCCc1nc(C(C)N2CCNCC2)no1. The van der Waals surface area contributed by atoms with Crippen LogP contribution in [0.1, 0.15) is 50.9 Å². The lowest BCUT2D eigenvalue weighted by molar-refractivity contribution is 0.176. The predicted molar refractivity (Wildman–Crippen MR) is 70.4 cm³/mol. The summed E-state index contributed by atoms with van der Waals surface area (Å²) >= 11 is 0. The monoisotopic (exact) mass is 252 g/mol. The van der Waals surface area contributed by atoms with Gasteiger partial charge in [-0.3, -0.25) is 4.90 Å². The van der Waals surface area contributed by atoms with Crippen LogP contribution in [0, 0.1) is 0 Å². The highest BCUT2D eigenvalue weighted by atomic mass is 16.5. The Morgan fingerprint density at radius 1 is 1.33 bits per heavy atom. The van der Waals surface area contributed by atoms with Gasteiger partial charge in [-0.1, -0.05) is 24.9 Å². The minimum absolute atomic E-state index is 0.260. The number of nitrogens with zero attached hydrogens (tertiary/aromatic N) is 3. The highest BCUT2D eigenvalue weighted by Gasteiger charge is 2.22. The van der Waals surface area contributed by atoms with Gasteiger partial charge >= 0.3 is 0 Å². The van der Waals surface area contributed by atoms with E-state index in [9.17, 15) is 0 Å². The molecule has 1 atom stereocenters. The second kappa shape index (κ2) is 6.85. The number of aromatic nitrogens is 2. The van der Waals surface area contributed by atoms with Crippen LogP contribution < -0.4 is 5.32 Å².